The summed E-state index contributed by atoms with van der Waals surface area (Å²) in [5, 5.41) is 7.25. The van der Waals surface area contributed by atoms with E-state index in [-0.39, 0.29) is 24.0 Å². The van der Waals surface area contributed by atoms with E-state index in [0.717, 1.165) is 70.9 Å². The Morgan fingerprint density at radius 3 is 2.53 bits per heavy atom. The zero-order valence-electron chi connectivity index (χ0n) is 18.0. The number of piperazine rings is 1. The number of carbonyl (C=O) groups excluding carboxylic acids is 2. The third kappa shape index (κ3) is 5.35. The molecule has 4 rings (SSSR count). The van der Waals surface area contributed by atoms with Gasteiger partial charge >= 0.3 is 0 Å². The summed E-state index contributed by atoms with van der Waals surface area (Å²) in [6, 6.07) is 2.20. The molecule has 32 heavy (non-hydrogen) atoms. The first-order chi connectivity index (χ1) is 15.4. The summed E-state index contributed by atoms with van der Waals surface area (Å²) in [5.41, 5.74) is 5.05. The normalized spacial score (nSPS) is 22.2. The summed E-state index contributed by atoms with van der Waals surface area (Å²) < 4.78 is 32.6. The third-order valence-corrected chi connectivity index (χ3v) is 6.54. The van der Waals surface area contributed by atoms with Gasteiger partial charge < -0.3 is 20.5 Å². The fraction of sp³-hybridized carbons (Fsp3) is 0.591. The second-order valence-electron chi connectivity index (χ2n) is 8.82. The Bertz CT molecular complexity index is 966. The Kier molecular flexibility index (Phi) is 6.88. The summed E-state index contributed by atoms with van der Waals surface area (Å²) in [4.78, 5) is 26.9. The number of fused-ring (bicyclic) bond motifs is 1. The van der Waals surface area contributed by atoms with Crippen LogP contribution in [0.15, 0.2) is 16.7 Å². The molecule has 2 heterocycles. The fourth-order valence-corrected chi connectivity index (χ4v) is 4.77. The lowest BCUT2D eigenvalue weighted by atomic mass is 9.84. The highest BCUT2D eigenvalue weighted by Crippen LogP contribution is 2.30. The number of primary amides is 1. The lowest BCUT2D eigenvalue weighted by molar-refractivity contribution is -0.128. The molecule has 1 saturated heterocycles. The molecule has 1 saturated carbocycles. The molecule has 2 amide bonds. The lowest BCUT2D eigenvalue weighted by Crippen LogP contribution is -2.47. The molecule has 174 valence electrons. The summed E-state index contributed by atoms with van der Waals surface area (Å²) in [6.45, 7) is 4.15. The number of nitrogens with zero attached hydrogens (tertiary/aromatic N) is 3. The quantitative estimate of drug-likeness (QED) is 0.628. The van der Waals surface area contributed by atoms with Gasteiger partial charge in [0.05, 0.1) is 5.39 Å². The molecule has 2 aromatic rings. The zero-order valence-corrected chi connectivity index (χ0v) is 18.0. The molecule has 1 aliphatic heterocycles. The van der Waals surface area contributed by atoms with Crippen LogP contribution in [-0.2, 0) is 9.59 Å². The van der Waals surface area contributed by atoms with Crippen molar-refractivity contribution in [1.82, 2.24) is 15.4 Å². The van der Waals surface area contributed by atoms with Crippen molar-refractivity contribution in [3.63, 3.8) is 0 Å². The van der Waals surface area contributed by atoms with E-state index in [9.17, 15) is 18.4 Å². The number of amides is 2. The Morgan fingerprint density at radius 1 is 1.12 bits per heavy atom. The van der Waals surface area contributed by atoms with Gasteiger partial charge in [-0.05, 0) is 50.6 Å². The number of carbonyl (C=O) groups is 2. The molecular weight excluding hydrogens is 420 g/mol. The van der Waals surface area contributed by atoms with Crippen molar-refractivity contribution in [3.05, 3.63) is 23.8 Å². The maximum absolute atomic E-state index is 13.9. The van der Waals surface area contributed by atoms with Crippen molar-refractivity contribution >= 4 is 28.6 Å². The first-order valence-corrected chi connectivity index (χ1v) is 11.2. The molecule has 3 N–H and O–H groups in total. The fourth-order valence-electron chi connectivity index (χ4n) is 4.77. The first-order valence-electron chi connectivity index (χ1n) is 11.2. The van der Waals surface area contributed by atoms with E-state index >= 15 is 0 Å². The Balaban J connectivity index is 1.20. The minimum atomic E-state index is -0.737. The zero-order chi connectivity index (χ0) is 22.7. The van der Waals surface area contributed by atoms with Crippen LogP contribution in [0.2, 0.25) is 0 Å². The van der Waals surface area contributed by atoms with Crippen molar-refractivity contribution < 1.29 is 22.9 Å². The van der Waals surface area contributed by atoms with Gasteiger partial charge in [0.15, 0.2) is 11.6 Å². The number of halogens is 2. The van der Waals surface area contributed by atoms with Crippen LogP contribution in [0.25, 0.3) is 11.0 Å². The van der Waals surface area contributed by atoms with E-state index in [1.165, 1.54) is 6.07 Å². The Hall–Kier alpha value is -2.75. The maximum atomic E-state index is 13.9. The summed E-state index contributed by atoms with van der Waals surface area (Å²) in [5.74, 6) is -1.14. The molecule has 2 aliphatic rings. The highest BCUT2D eigenvalue weighted by Gasteiger charge is 2.26. The SMILES string of the molecule is NC(=O)CC(=O)N[C@H]1CC[C@H](CCN2CCN(c3noc4c(F)cc(F)cc34)CC2)CC1. The van der Waals surface area contributed by atoms with Crippen LogP contribution in [0.4, 0.5) is 14.6 Å². The van der Waals surface area contributed by atoms with Gasteiger partial charge in [-0.25, -0.2) is 8.78 Å². The topological polar surface area (TPSA) is 105 Å². The molecular formula is C22H29F2N5O3. The van der Waals surface area contributed by atoms with Gasteiger partial charge in [0, 0.05) is 38.3 Å². The maximum Gasteiger partial charge on any atom is 0.229 e. The highest BCUT2D eigenvalue weighted by molar-refractivity contribution is 5.96. The van der Waals surface area contributed by atoms with Gasteiger partial charge in [0.25, 0.3) is 0 Å². The molecule has 0 unspecified atom stereocenters. The Morgan fingerprint density at radius 2 is 1.84 bits per heavy atom. The summed E-state index contributed by atoms with van der Waals surface area (Å²) in [7, 11) is 0. The number of rotatable bonds is 7. The molecule has 2 fully saturated rings. The van der Waals surface area contributed by atoms with Crippen molar-refractivity contribution in [2.75, 3.05) is 37.6 Å². The monoisotopic (exact) mass is 449 g/mol. The van der Waals surface area contributed by atoms with E-state index in [1.54, 1.807) is 0 Å². The van der Waals surface area contributed by atoms with Crippen LogP contribution in [0.3, 0.4) is 0 Å². The van der Waals surface area contributed by atoms with Gasteiger partial charge in [-0.2, -0.15) is 0 Å². The standard InChI is InChI=1S/C22H29F2N5O3/c23-15-11-17-21(18(24)12-15)32-27-22(17)29-9-7-28(8-10-29)6-5-14-1-3-16(4-2-14)26-20(31)13-19(25)30/h11-12,14,16H,1-10,13H2,(H2,25,30)(H,26,31)/t14-,16-. The molecule has 10 heteroatoms. The average molecular weight is 450 g/mol. The second-order valence-corrected chi connectivity index (χ2v) is 8.82. The van der Waals surface area contributed by atoms with Crippen molar-refractivity contribution in [2.24, 2.45) is 11.7 Å². The number of aromatic nitrogens is 1. The third-order valence-electron chi connectivity index (χ3n) is 6.54. The van der Waals surface area contributed by atoms with E-state index < -0.39 is 17.5 Å². The van der Waals surface area contributed by atoms with Crippen molar-refractivity contribution in [2.45, 2.75) is 44.6 Å². The minimum absolute atomic E-state index is 0.00903. The van der Waals surface area contributed by atoms with Crippen LogP contribution < -0.4 is 16.0 Å². The van der Waals surface area contributed by atoms with E-state index in [4.69, 9.17) is 10.3 Å². The molecule has 1 aliphatic carbocycles. The van der Waals surface area contributed by atoms with Crippen LogP contribution in [-0.4, -0.2) is 60.6 Å². The molecule has 1 aromatic heterocycles. The smallest absolute Gasteiger partial charge is 0.229 e. The number of hydrogen-bond donors (Lipinski definition) is 2. The number of hydrogen-bond acceptors (Lipinski definition) is 6. The molecule has 0 spiro atoms. The van der Waals surface area contributed by atoms with Crippen molar-refractivity contribution in [3.8, 4) is 0 Å². The molecule has 1 aromatic carbocycles. The molecule has 0 atom stereocenters. The van der Waals surface area contributed by atoms with E-state index in [1.807, 2.05) is 4.90 Å². The van der Waals surface area contributed by atoms with E-state index in [0.29, 0.717) is 17.1 Å². The molecule has 0 bridgehead atoms. The lowest BCUT2D eigenvalue weighted by Gasteiger charge is -2.36. The Labute approximate surface area is 185 Å². The van der Waals surface area contributed by atoms with Crippen LogP contribution in [0.1, 0.15) is 38.5 Å². The van der Waals surface area contributed by atoms with Crippen LogP contribution >= 0.6 is 0 Å². The van der Waals surface area contributed by atoms with Crippen LogP contribution in [0.5, 0.6) is 0 Å². The summed E-state index contributed by atoms with van der Waals surface area (Å²) >= 11 is 0. The average Bonchev–Trinajstić information content (AvgIpc) is 3.17. The minimum Gasteiger partial charge on any atom is -0.369 e. The number of anilines is 1. The van der Waals surface area contributed by atoms with Gasteiger partial charge in [-0.15, -0.1) is 0 Å². The van der Waals surface area contributed by atoms with Crippen LogP contribution in [0, 0.1) is 17.6 Å². The number of benzene rings is 1. The van der Waals surface area contributed by atoms with Crippen molar-refractivity contribution in [1.29, 1.82) is 0 Å². The van der Waals surface area contributed by atoms with Gasteiger partial charge in [-0.1, -0.05) is 5.16 Å². The summed E-state index contributed by atoms with van der Waals surface area (Å²) in [6.07, 6.45) is 4.82. The van der Waals surface area contributed by atoms with Gasteiger partial charge in [-0.3, -0.25) is 14.5 Å². The van der Waals surface area contributed by atoms with Gasteiger partial charge in [0.2, 0.25) is 17.4 Å². The largest absolute Gasteiger partial charge is 0.369 e. The number of nitrogens with one attached hydrogen (secondary N) is 1. The highest BCUT2D eigenvalue weighted by atomic mass is 19.1. The first kappa shape index (κ1) is 22.4. The predicted molar refractivity (Wildman–Crippen MR) is 115 cm³/mol. The van der Waals surface area contributed by atoms with E-state index in [2.05, 4.69) is 15.4 Å². The predicted octanol–water partition coefficient (Wildman–Crippen LogP) is 2.17. The number of nitrogens with two attached hydrogens (primary N) is 1. The molecule has 8 nitrogen and oxygen atoms in total. The second kappa shape index (κ2) is 9.81. The molecule has 0 radical (unpaired) electrons. The van der Waals surface area contributed by atoms with Gasteiger partial charge in [0.1, 0.15) is 12.2 Å².